The molecular weight excluding hydrogens is 223 g/mol. The van der Waals surface area contributed by atoms with E-state index < -0.39 is 0 Å². The Labute approximate surface area is 88.3 Å². The Kier molecular flexibility index (Phi) is 15.9. The molecule has 0 fully saturated rings. The van der Waals surface area contributed by atoms with E-state index in [1.165, 1.54) is 0 Å². The van der Waals surface area contributed by atoms with Gasteiger partial charge in [-0.3, -0.25) is 0 Å². The van der Waals surface area contributed by atoms with Gasteiger partial charge in [0.05, 0.1) is 0 Å². The average molecular weight is 234 g/mol. The molecule has 0 aromatic heterocycles. The van der Waals surface area contributed by atoms with Crippen molar-refractivity contribution in [1.82, 2.24) is 0 Å². The van der Waals surface area contributed by atoms with Gasteiger partial charge in [0.2, 0.25) is 10.5 Å². The summed E-state index contributed by atoms with van der Waals surface area (Å²) in [6.45, 7) is 0. The molecule has 1 rings (SSSR count). The summed E-state index contributed by atoms with van der Waals surface area (Å²) in [5, 5.41) is 0. The van der Waals surface area contributed by atoms with Crippen molar-refractivity contribution < 1.29 is 4.43 Å². The average Bonchev–Trinajstić information content (AvgIpc) is 1.90. The van der Waals surface area contributed by atoms with Gasteiger partial charge in [-0.1, -0.05) is 18.2 Å². The third kappa shape index (κ3) is 6.50. The van der Waals surface area contributed by atoms with E-state index in [0.29, 0.717) is 0 Å². The van der Waals surface area contributed by atoms with Crippen LogP contribution in [-0.2, 0) is 0 Å². The Morgan fingerprint density at radius 2 is 1.36 bits per heavy atom. The first-order chi connectivity index (χ1) is 3.93. The lowest BCUT2D eigenvalue weighted by molar-refractivity contribution is 0.616. The normalized spacial score (nSPS) is 6.55. The Morgan fingerprint density at radius 1 is 0.909 bits per heavy atom. The van der Waals surface area contributed by atoms with Crippen molar-refractivity contribution in [1.29, 1.82) is 0 Å². The van der Waals surface area contributed by atoms with Crippen molar-refractivity contribution in [3.8, 4) is 5.75 Å². The summed E-state index contributed by atoms with van der Waals surface area (Å²) in [7, 11) is 0.777. The van der Waals surface area contributed by atoms with E-state index in [2.05, 4.69) is 0 Å². The predicted molar refractivity (Wildman–Crippen MR) is 58.8 cm³/mol. The van der Waals surface area contributed by atoms with Gasteiger partial charge in [0.15, 0.2) is 0 Å². The Hall–Kier alpha value is 0.107. The molecule has 0 aliphatic heterocycles. The van der Waals surface area contributed by atoms with E-state index in [-0.39, 0.29) is 37.2 Å². The second kappa shape index (κ2) is 10.1. The van der Waals surface area contributed by atoms with E-state index in [0.717, 1.165) is 16.2 Å². The number of para-hydroxylation sites is 1. The summed E-state index contributed by atoms with van der Waals surface area (Å²) >= 11 is 0. The van der Waals surface area contributed by atoms with E-state index >= 15 is 0 Å². The van der Waals surface area contributed by atoms with Crippen LogP contribution in [0.3, 0.4) is 0 Å². The minimum atomic E-state index is 0. The molecule has 0 radical (unpaired) electrons. The maximum absolute atomic E-state index is 5.05. The van der Waals surface area contributed by atoms with Crippen LogP contribution in [0, 0.1) is 0 Å². The molecule has 0 unspecified atom stereocenters. The molecule has 1 aromatic carbocycles. The van der Waals surface area contributed by atoms with Gasteiger partial charge in [-0.25, -0.2) is 0 Å². The third-order valence-electron chi connectivity index (χ3n) is 0.979. The summed E-state index contributed by atoms with van der Waals surface area (Å²) in [5.41, 5.74) is 0. The Morgan fingerprint density at radius 3 is 1.64 bits per heavy atom. The number of hydrogen-bond donors (Lipinski definition) is 0. The van der Waals surface area contributed by atoms with Gasteiger partial charge in [0.1, 0.15) is 5.75 Å². The maximum Gasteiger partial charge on any atom is 0.204 e. The van der Waals surface area contributed by atoms with Gasteiger partial charge in [0.25, 0.3) is 0 Å². The molecule has 1 nitrogen and oxygen atoms in total. The van der Waals surface area contributed by atoms with E-state index in [1.807, 2.05) is 30.3 Å². The van der Waals surface area contributed by atoms with Crippen LogP contribution in [0.25, 0.3) is 0 Å². The Bertz CT molecular complexity index is 159. The van der Waals surface area contributed by atoms with Crippen molar-refractivity contribution in [2.75, 3.05) is 0 Å². The zero-order valence-corrected chi connectivity index (χ0v) is 10.5. The second-order valence-corrected chi connectivity index (χ2v) is 1.93. The van der Waals surface area contributed by atoms with Crippen LogP contribution in [0.15, 0.2) is 30.3 Å². The lowest BCUT2D eigenvalue weighted by atomic mass is 10.3. The minimum Gasteiger partial charge on any atom is -0.553 e. The van der Waals surface area contributed by atoms with Gasteiger partial charge in [-0.2, -0.15) is 0 Å². The molecule has 0 saturated carbocycles. The van der Waals surface area contributed by atoms with Gasteiger partial charge < -0.3 is 4.43 Å². The largest absolute Gasteiger partial charge is 0.553 e. The third-order valence-corrected chi connectivity index (χ3v) is 1.45. The highest BCUT2D eigenvalue weighted by Crippen LogP contribution is 2.05. The predicted octanol–water partition coefficient (Wildman–Crippen LogP) is 1.61. The lowest BCUT2D eigenvalue weighted by Gasteiger charge is -1.95. The molecule has 0 bridgehead atoms. The summed E-state index contributed by atoms with van der Waals surface area (Å²) < 4.78 is 5.05. The fourth-order valence-electron chi connectivity index (χ4n) is 0.557. The molecule has 0 saturated heterocycles. The van der Waals surface area contributed by atoms with Crippen LogP contribution < -0.4 is 4.43 Å². The van der Waals surface area contributed by atoms with Crippen molar-refractivity contribution in [2.24, 2.45) is 0 Å². The van der Waals surface area contributed by atoms with Crippen LogP contribution in [0.4, 0.5) is 0 Å². The van der Waals surface area contributed by atoms with Crippen LogP contribution in [-0.4, -0.2) is 10.5 Å². The van der Waals surface area contributed by atoms with Gasteiger partial charge >= 0.3 is 0 Å². The second-order valence-electron chi connectivity index (χ2n) is 1.52. The van der Waals surface area contributed by atoms with E-state index in [1.54, 1.807) is 0 Å². The van der Waals surface area contributed by atoms with Crippen LogP contribution in [0.2, 0.25) is 0 Å². The highest BCUT2D eigenvalue weighted by Gasteiger charge is 1.79. The molecule has 66 valence electrons. The number of halogens is 3. The monoisotopic (exact) mass is 232 g/mol. The van der Waals surface area contributed by atoms with E-state index in [4.69, 9.17) is 4.43 Å². The highest BCUT2D eigenvalue weighted by atomic mass is 35.5. The van der Waals surface area contributed by atoms with Gasteiger partial charge in [-0.05, 0) is 12.1 Å². The molecular formula is C6H11Cl3OSi. The molecule has 0 aliphatic carbocycles. The van der Waals surface area contributed by atoms with Crippen LogP contribution >= 0.6 is 37.2 Å². The van der Waals surface area contributed by atoms with Crippen molar-refractivity contribution in [3.05, 3.63) is 30.3 Å². The van der Waals surface area contributed by atoms with Gasteiger partial charge in [-0.15, -0.1) is 37.2 Å². The first-order valence-corrected chi connectivity index (χ1v) is 3.34. The minimum absolute atomic E-state index is 0. The molecule has 0 aliphatic rings. The summed E-state index contributed by atoms with van der Waals surface area (Å²) in [6, 6.07) is 9.81. The smallest absolute Gasteiger partial charge is 0.204 e. The lowest BCUT2D eigenvalue weighted by Crippen LogP contribution is -1.81. The zero-order chi connectivity index (χ0) is 5.82. The number of hydrogen-bond acceptors (Lipinski definition) is 1. The molecule has 0 spiro atoms. The molecule has 0 amide bonds. The maximum atomic E-state index is 5.05. The SMILES string of the molecule is Cl.Cl.Cl.[SiH3]Oc1ccccc1. The zero-order valence-electron chi connectivity index (χ0n) is 6.02. The number of rotatable bonds is 1. The fourth-order valence-corrected chi connectivity index (χ4v) is 0.829. The van der Waals surface area contributed by atoms with E-state index in [9.17, 15) is 0 Å². The topological polar surface area (TPSA) is 9.23 Å². The van der Waals surface area contributed by atoms with Crippen molar-refractivity contribution in [3.63, 3.8) is 0 Å². The standard InChI is InChI=1S/C6H8OSi.3ClH/c8-7-6-4-2-1-3-5-6;;;/h1-5H,8H3;3*1H. The summed E-state index contributed by atoms with van der Waals surface area (Å²) in [6.07, 6.45) is 0. The molecule has 0 heterocycles. The molecule has 11 heavy (non-hydrogen) atoms. The molecule has 1 aromatic rings. The highest BCUT2D eigenvalue weighted by molar-refractivity contribution is 5.99. The summed E-state index contributed by atoms with van der Waals surface area (Å²) in [5.74, 6) is 0.971. The summed E-state index contributed by atoms with van der Waals surface area (Å²) in [4.78, 5) is 0. The van der Waals surface area contributed by atoms with Crippen LogP contribution in [0.5, 0.6) is 5.75 Å². The molecule has 0 N–H and O–H groups in total. The first kappa shape index (κ1) is 17.3. The fraction of sp³-hybridized carbons (Fsp3) is 0. The molecule has 0 atom stereocenters. The van der Waals surface area contributed by atoms with Crippen LogP contribution in [0.1, 0.15) is 0 Å². The van der Waals surface area contributed by atoms with Crippen molar-refractivity contribution >= 4 is 47.7 Å². The van der Waals surface area contributed by atoms with Gasteiger partial charge in [0, 0.05) is 0 Å². The molecule has 5 heteroatoms. The van der Waals surface area contributed by atoms with Crippen molar-refractivity contribution in [2.45, 2.75) is 0 Å². The first-order valence-electron chi connectivity index (χ1n) is 2.52. The number of benzene rings is 1. The quantitative estimate of drug-likeness (QED) is 0.670. The Balaban J connectivity index is -0.000000213.